The quantitative estimate of drug-likeness (QED) is 0.396. The Morgan fingerprint density at radius 3 is 1.50 bits per heavy atom. The SMILES string of the molecule is CS(=O)(=O)O.O. The molecule has 3 N–H and O–H groups in total. The monoisotopic (exact) mass is 114 g/mol. The first-order valence-corrected chi connectivity index (χ1v) is 2.77. The first-order valence-electron chi connectivity index (χ1n) is 0.924. The lowest BCUT2D eigenvalue weighted by Crippen LogP contribution is -1.88. The zero-order valence-electron chi connectivity index (χ0n) is 3.17. The summed E-state index contributed by atoms with van der Waals surface area (Å²) in [5.41, 5.74) is 0. The van der Waals surface area contributed by atoms with E-state index in [1.54, 1.807) is 0 Å². The van der Waals surface area contributed by atoms with Crippen molar-refractivity contribution in [3.8, 4) is 0 Å². The maximum absolute atomic E-state index is 9.19. The minimum Gasteiger partial charge on any atom is -0.412 e. The molecular weight excluding hydrogens is 108 g/mol. The van der Waals surface area contributed by atoms with E-state index in [2.05, 4.69) is 0 Å². The van der Waals surface area contributed by atoms with E-state index >= 15 is 0 Å². The molecule has 0 spiro atoms. The molecule has 5 heteroatoms. The summed E-state index contributed by atoms with van der Waals surface area (Å²) in [6.45, 7) is 0. The molecule has 0 aliphatic rings. The largest absolute Gasteiger partial charge is 0.412 e. The molecule has 0 aromatic heterocycles. The number of hydrogen-bond acceptors (Lipinski definition) is 2. The zero-order valence-corrected chi connectivity index (χ0v) is 3.99. The van der Waals surface area contributed by atoms with Crippen LogP contribution < -0.4 is 0 Å². The highest BCUT2D eigenvalue weighted by atomic mass is 32.2. The van der Waals surface area contributed by atoms with Gasteiger partial charge in [-0.3, -0.25) is 4.55 Å². The third-order valence-corrected chi connectivity index (χ3v) is 0. The van der Waals surface area contributed by atoms with Gasteiger partial charge < -0.3 is 5.48 Å². The second kappa shape index (κ2) is 2.12. The summed E-state index contributed by atoms with van der Waals surface area (Å²) in [6, 6.07) is 0. The summed E-state index contributed by atoms with van der Waals surface area (Å²) in [4.78, 5) is 0. The van der Waals surface area contributed by atoms with Crippen LogP contribution >= 0.6 is 0 Å². The van der Waals surface area contributed by atoms with Gasteiger partial charge in [-0.2, -0.15) is 8.42 Å². The Morgan fingerprint density at radius 1 is 1.50 bits per heavy atom. The van der Waals surface area contributed by atoms with Gasteiger partial charge >= 0.3 is 0 Å². The van der Waals surface area contributed by atoms with Crippen LogP contribution in [0.2, 0.25) is 0 Å². The first kappa shape index (κ1) is 9.30. The zero-order chi connectivity index (χ0) is 4.50. The maximum Gasteiger partial charge on any atom is 0.261 e. The van der Waals surface area contributed by atoms with Crippen molar-refractivity contribution in [2.24, 2.45) is 0 Å². The minimum absolute atomic E-state index is 0. The van der Waals surface area contributed by atoms with Gasteiger partial charge in [0.15, 0.2) is 0 Å². The van der Waals surface area contributed by atoms with Crippen molar-refractivity contribution in [1.82, 2.24) is 0 Å². The van der Waals surface area contributed by atoms with Crippen LogP contribution in [0.15, 0.2) is 0 Å². The first-order chi connectivity index (χ1) is 2.00. The Balaban J connectivity index is 0. The average Bonchev–Trinajstić information content (AvgIpc) is 0.722. The van der Waals surface area contributed by atoms with Crippen molar-refractivity contribution < 1.29 is 18.4 Å². The van der Waals surface area contributed by atoms with E-state index in [-0.39, 0.29) is 5.48 Å². The van der Waals surface area contributed by atoms with Crippen LogP contribution in [0, 0.1) is 0 Å². The fourth-order valence-corrected chi connectivity index (χ4v) is 0. The second-order valence-corrected chi connectivity index (χ2v) is 2.20. The highest BCUT2D eigenvalue weighted by molar-refractivity contribution is 7.85. The van der Waals surface area contributed by atoms with Crippen molar-refractivity contribution >= 4 is 10.1 Å². The third kappa shape index (κ3) is 1890. The Bertz CT molecular complexity index is 90.7. The van der Waals surface area contributed by atoms with Crippen LogP contribution in [0.5, 0.6) is 0 Å². The molecule has 4 nitrogen and oxygen atoms in total. The molecule has 0 rings (SSSR count). The topological polar surface area (TPSA) is 85.9 Å². The molecule has 0 fully saturated rings. The van der Waals surface area contributed by atoms with Gasteiger partial charge in [-0.05, 0) is 0 Å². The molecule has 0 aliphatic carbocycles. The van der Waals surface area contributed by atoms with Crippen LogP contribution in [0.4, 0.5) is 0 Å². The molecule has 0 aliphatic heterocycles. The molecule has 6 heavy (non-hydrogen) atoms. The van der Waals surface area contributed by atoms with E-state index in [4.69, 9.17) is 4.55 Å². The predicted molar refractivity (Wildman–Crippen MR) is 21.1 cm³/mol. The van der Waals surface area contributed by atoms with Crippen molar-refractivity contribution in [3.05, 3.63) is 0 Å². The smallest absolute Gasteiger partial charge is 0.261 e. The van der Waals surface area contributed by atoms with Gasteiger partial charge in [-0.25, -0.2) is 0 Å². The Kier molecular flexibility index (Phi) is 3.28. The van der Waals surface area contributed by atoms with Crippen molar-refractivity contribution in [3.63, 3.8) is 0 Å². The highest BCUT2D eigenvalue weighted by Gasteiger charge is 1.81. The standard InChI is InChI=1S/CH4O3S.H2O/c1-5(2,3)4;/h1H3,(H,2,3,4);1H2. The maximum atomic E-state index is 9.19. The van der Waals surface area contributed by atoms with Crippen molar-refractivity contribution in [2.75, 3.05) is 6.26 Å². The van der Waals surface area contributed by atoms with E-state index in [9.17, 15) is 8.42 Å². The average molecular weight is 114 g/mol. The Labute approximate surface area is 35.8 Å². The molecular formula is CH6O4S. The summed E-state index contributed by atoms with van der Waals surface area (Å²) in [5, 5.41) is 0. The molecule has 0 bridgehead atoms. The van der Waals surface area contributed by atoms with E-state index in [1.165, 1.54) is 0 Å². The summed E-state index contributed by atoms with van der Waals surface area (Å²) < 4.78 is 25.9. The summed E-state index contributed by atoms with van der Waals surface area (Å²) in [5.74, 6) is 0. The number of hydrogen-bond donors (Lipinski definition) is 1. The predicted octanol–water partition coefficient (Wildman–Crippen LogP) is -1.32. The molecule has 40 valence electrons. The Hall–Kier alpha value is -0.130. The molecule has 0 heterocycles. The van der Waals surface area contributed by atoms with E-state index in [0.29, 0.717) is 6.26 Å². The van der Waals surface area contributed by atoms with Crippen molar-refractivity contribution in [1.29, 1.82) is 0 Å². The second-order valence-electron chi connectivity index (χ2n) is 0.733. The van der Waals surface area contributed by atoms with Crippen LogP contribution in [0.25, 0.3) is 0 Å². The lowest BCUT2D eigenvalue weighted by molar-refractivity contribution is 0.490. The third-order valence-electron chi connectivity index (χ3n) is 0. The van der Waals surface area contributed by atoms with Gasteiger partial charge in [0.1, 0.15) is 0 Å². The molecule has 0 atom stereocenters. The molecule has 0 unspecified atom stereocenters. The molecule has 0 radical (unpaired) electrons. The van der Waals surface area contributed by atoms with Crippen LogP contribution in [0.1, 0.15) is 0 Å². The minimum atomic E-state index is -3.67. The molecule has 0 amide bonds. The van der Waals surface area contributed by atoms with Crippen LogP contribution in [-0.2, 0) is 10.1 Å². The van der Waals surface area contributed by atoms with Crippen LogP contribution in [-0.4, -0.2) is 24.7 Å². The lowest BCUT2D eigenvalue weighted by atomic mass is 12.0. The highest BCUT2D eigenvalue weighted by Crippen LogP contribution is 1.60. The molecule has 0 saturated carbocycles. The van der Waals surface area contributed by atoms with Gasteiger partial charge in [-0.1, -0.05) is 0 Å². The van der Waals surface area contributed by atoms with Gasteiger partial charge in [0.2, 0.25) is 0 Å². The Morgan fingerprint density at radius 2 is 1.50 bits per heavy atom. The van der Waals surface area contributed by atoms with E-state index in [0.717, 1.165) is 0 Å². The van der Waals surface area contributed by atoms with Crippen LogP contribution in [0.3, 0.4) is 0 Å². The fourth-order valence-electron chi connectivity index (χ4n) is 0. The summed E-state index contributed by atoms with van der Waals surface area (Å²) in [7, 11) is -3.67. The normalized spacial score (nSPS) is 9.67. The van der Waals surface area contributed by atoms with E-state index in [1.807, 2.05) is 0 Å². The van der Waals surface area contributed by atoms with Gasteiger partial charge in [-0.15, -0.1) is 0 Å². The number of rotatable bonds is 0. The lowest BCUT2D eigenvalue weighted by Gasteiger charge is -1.69. The summed E-state index contributed by atoms with van der Waals surface area (Å²) >= 11 is 0. The van der Waals surface area contributed by atoms with Gasteiger partial charge in [0.05, 0.1) is 6.26 Å². The van der Waals surface area contributed by atoms with Gasteiger partial charge in [0.25, 0.3) is 10.1 Å². The summed E-state index contributed by atoms with van der Waals surface area (Å²) in [6.07, 6.45) is 0.715. The molecule has 0 aromatic carbocycles. The van der Waals surface area contributed by atoms with Crippen molar-refractivity contribution in [2.45, 2.75) is 0 Å². The fraction of sp³-hybridized carbons (Fsp3) is 1.00. The van der Waals surface area contributed by atoms with Gasteiger partial charge in [0, 0.05) is 0 Å². The van der Waals surface area contributed by atoms with E-state index < -0.39 is 10.1 Å². The molecule has 0 aromatic rings. The molecule has 0 saturated heterocycles.